The summed E-state index contributed by atoms with van der Waals surface area (Å²) in [5.41, 5.74) is 3.39. The molecular formula is C26H30N2O8. The quantitative estimate of drug-likeness (QED) is 0.180. The maximum absolute atomic E-state index is 13.0. The molecule has 2 amide bonds. The zero-order chi connectivity index (χ0) is 26.3. The molecule has 10 nitrogen and oxygen atoms in total. The molecule has 0 aliphatic heterocycles. The number of esters is 1. The number of methoxy groups -OCH3 is 2. The van der Waals surface area contributed by atoms with Crippen molar-refractivity contribution in [2.75, 3.05) is 32.4 Å². The number of carbonyl (C=O) groups excluding carboxylic acids is 3. The van der Waals surface area contributed by atoms with Crippen LogP contribution in [0.3, 0.4) is 0 Å². The van der Waals surface area contributed by atoms with Crippen molar-refractivity contribution in [2.45, 2.75) is 33.3 Å². The molecule has 0 atom stereocenters. The standard InChI is InChI=1S/C26H30N2O8/c1-5-7-15-35-26(31)28(27-25(30)36-18-19-11-9-8-10-12-19)21-17-23(33-4)22(32-3)16-20(21)13-14-24(29)34-6-2/h8-12,16-17H,5-7,15,18H2,1-4H3,(H,27,30). The number of hydrogen-bond acceptors (Lipinski definition) is 8. The van der Waals surface area contributed by atoms with Crippen molar-refractivity contribution in [3.05, 3.63) is 53.6 Å². The zero-order valence-electron chi connectivity index (χ0n) is 20.8. The lowest BCUT2D eigenvalue weighted by Gasteiger charge is -2.24. The number of hydrogen-bond donors (Lipinski definition) is 1. The highest BCUT2D eigenvalue weighted by molar-refractivity contribution is 5.94. The molecule has 1 N–H and O–H groups in total. The predicted molar refractivity (Wildman–Crippen MR) is 132 cm³/mol. The minimum atomic E-state index is -0.912. The third kappa shape index (κ3) is 8.43. The summed E-state index contributed by atoms with van der Waals surface area (Å²) in [5.74, 6) is 4.78. The summed E-state index contributed by atoms with van der Waals surface area (Å²) in [6.45, 7) is 3.86. The lowest BCUT2D eigenvalue weighted by atomic mass is 10.1. The minimum absolute atomic E-state index is 0.0210. The van der Waals surface area contributed by atoms with Crippen molar-refractivity contribution in [2.24, 2.45) is 0 Å². The van der Waals surface area contributed by atoms with Crippen molar-refractivity contribution in [1.82, 2.24) is 5.43 Å². The third-order valence-corrected chi connectivity index (χ3v) is 4.64. The SMILES string of the molecule is CCCCOC(=O)N(NC(=O)OCc1ccccc1)c1cc(OC)c(OC)cc1C#CC(=O)OCC. The van der Waals surface area contributed by atoms with Gasteiger partial charge in [-0.1, -0.05) is 49.6 Å². The first-order valence-corrected chi connectivity index (χ1v) is 11.3. The molecule has 2 rings (SSSR count). The molecule has 0 radical (unpaired) electrons. The number of nitrogens with one attached hydrogen (secondary N) is 1. The van der Waals surface area contributed by atoms with E-state index in [2.05, 4.69) is 17.3 Å². The van der Waals surface area contributed by atoms with Gasteiger partial charge in [-0.3, -0.25) is 0 Å². The van der Waals surface area contributed by atoms with Crippen molar-refractivity contribution >= 4 is 23.8 Å². The Kier molecular flexibility index (Phi) is 11.4. The molecule has 0 heterocycles. The van der Waals surface area contributed by atoms with E-state index >= 15 is 0 Å². The molecule has 192 valence electrons. The summed E-state index contributed by atoms with van der Waals surface area (Å²) in [6.07, 6.45) is -0.372. The number of anilines is 1. The average molecular weight is 499 g/mol. The molecular weight excluding hydrogens is 468 g/mol. The van der Waals surface area contributed by atoms with E-state index in [4.69, 9.17) is 23.7 Å². The largest absolute Gasteiger partial charge is 0.493 e. The summed E-state index contributed by atoms with van der Waals surface area (Å²) in [6, 6.07) is 11.9. The molecule has 10 heteroatoms. The fourth-order valence-electron chi connectivity index (χ4n) is 2.86. The van der Waals surface area contributed by atoms with Crippen LogP contribution in [0.2, 0.25) is 0 Å². The van der Waals surface area contributed by atoms with Gasteiger partial charge in [0.25, 0.3) is 0 Å². The maximum atomic E-state index is 13.0. The normalized spacial score (nSPS) is 9.78. The Balaban J connectivity index is 2.44. The molecule has 0 aliphatic carbocycles. The van der Waals surface area contributed by atoms with Crippen molar-refractivity contribution < 1.29 is 38.1 Å². The van der Waals surface area contributed by atoms with Gasteiger partial charge in [-0.25, -0.2) is 19.8 Å². The van der Waals surface area contributed by atoms with Crippen molar-refractivity contribution in [3.63, 3.8) is 0 Å². The van der Waals surface area contributed by atoms with Crippen LogP contribution in [0.4, 0.5) is 15.3 Å². The molecule has 0 aliphatic rings. The fourth-order valence-corrected chi connectivity index (χ4v) is 2.86. The summed E-state index contributed by atoms with van der Waals surface area (Å²) in [5, 5.41) is 0.847. The zero-order valence-corrected chi connectivity index (χ0v) is 20.8. The van der Waals surface area contributed by atoms with Gasteiger partial charge < -0.3 is 23.7 Å². The van der Waals surface area contributed by atoms with Crippen LogP contribution in [-0.4, -0.2) is 45.6 Å². The van der Waals surface area contributed by atoms with Crippen LogP contribution < -0.4 is 19.9 Å². The van der Waals surface area contributed by atoms with Crippen LogP contribution in [0.25, 0.3) is 0 Å². The lowest BCUT2D eigenvalue weighted by molar-refractivity contribution is -0.136. The number of amides is 2. The smallest absolute Gasteiger partial charge is 0.433 e. The Morgan fingerprint density at radius 3 is 2.28 bits per heavy atom. The van der Waals surface area contributed by atoms with Crippen LogP contribution in [-0.2, 0) is 25.6 Å². The summed E-state index contributed by atoms with van der Waals surface area (Å²) in [7, 11) is 2.84. The van der Waals surface area contributed by atoms with E-state index in [1.807, 2.05) is 25.1 Å². The number of rotatable bonds is 9. The van der Waals surface area contributed by atoms with E-state index in [-0.39, 0.29) is 36.8 Å². The van der Waals surface area contributed by atoms with Gasteiger partial charge in [0.1, 0.15) is 6.61 Å². The Morgan fingerprint density at radius 1 is 0.944 bits per heavy atom. The molecule has 2 aromatic carbocycles. The first-order chi connectivity index (χ1) is 17.4. The van der Waals surface area contributed by atoms with E-state index in [0.29, 0.717) is 12.2 Å². The van der Waals surface area contributed by atoms with Gasteiger partial charge in [0.05, 0.1) is 38.7 Å². The third-order valence-electron chi connectivity index (χ3n) is 4.64. The minimum Gasteiger partial charge on any atom is -0.493 e. The molecule has 0 saturated heterocycles. The first kappa shape index (κ1) is 27.9. The number of unbranched alkanes of at least 4 members (excludes halogenated alkanes) is 1. The van der Waals surface area contributed by atoms with Crippen LogP contribution in [0.5, 0.6) is 11.5 Å². The second-order valence-corrected chi connectivity index (χ2v) is 7.17. The van der Waals surface area contributed by atoms with Gasteiger partial charge in [-0.15, -0.1) is 0 Å². The predicted octanol–water partition coefficient (Wildman–Crippen LogP) is 4.20. The van der Waals surface area contributed by atoms with Crippen LogP contribution >= 0.6 is 0 Å². The Labute approximate surface area is 210 Å². The fraction of sp³-hybridized carbons (Fsp3) is 0.346. The van der Waals surface area contributed by atoms with Crippen LogP contribution in [0.15, 0.2) is 42.5 Å². The molecule has 0 aromatic heterocycles. The number of ether oxygens (including phenoxy) is 5. The Bertz CT molecular complexity index is 1090. The molecule has 36 heavy (non-hydrogen) atoms. The van der Waals surface area contributed by atoms with Gasteiger partial charge in [0.2, 0.25) is 0 Å². The van der Waals surface area contributed by atoms with Gasteiger partial charge in [-0.05, 0) is 18.9 Å². The Morgan fingerprint density at radius 2 is 1.64 bits per heavy atom. The monoisotopic (exact) mass is 498 g/mol. The second kappa shape index (κ2) is 14.8. The first-order valence-electron chi connectivity index (χ1n) is 11.3. The van der Waals surface area contributed by atoms with Crippen LogP contribution in [0, 0.1) is 11.8 Å². The maximum Gasteiger partial charge on any atom is 0.433 e. The lowest BCUT2D eigenvalue weighted by Crippen LogP contribution is -2.47. The van der Waals surface area contributed by atoms with E-state index in [0.717, 1.165) is 17.0 Å². The van der Waals surface area contributed by atoms with E-state index in [9.17, 15) is 14.4 Å². The van der Waals surface area contributed by atoms with E-state index in [1.165, 1.54) is 26.4 Å². The van der Waals surface area contributed by atoms with Gasteiger partial charge >= 0.3 is 18.2 Å². The number of nitrogens with zero attached hydrogens (tertiary/aromatic N) is 1. The highest BCUT2D eigenvalue weighted by Crippen LogP contribution is 2.35. The summed E-state index contributed by atoms with van der Waals surface area (Å²) < 4.78 is 26.1. The molecule has 0 bridgehead atoms. The summed E-state index contributed by atoms with van der Waals surface area (Å²) in [4.78, 5) is 37.5. The summed E-state index contributed by atoms with van der Waals surface area (Å²) >= 11 is 0. The van der Waals surface area contributed by atoms with E-state index in [1.54, 1.807) is 19.1 Å². The highest BCUT2D eigenvalue weighted by atomic mass is 16.6. The number of benzene rings is 2. The molecule has 2 aromatic rings. The van der Waals surface area contributed by atoms with Crippen LogP contribution in [0.1, 0.15) is 37.8 Å². The van der Waals surface area contributed by atoms with Crippen molar-refractivity contribution in [3.8, 4) is 23.3 Å². The van der Waals surface area contributed by atoms with Gasteiger partial charge in [0, 0.05) is 18.1 Å². The van der Waals surface area contributed by atoms with Gasteiger partial charge in [0.15, 0.2) is 11.5 Å². The highest BCUT2D eigenvalue weighted by Gasteiger charge is 2.25. The molecule has 0 fully saturated rings. The molecule has 0 unspecified atom stereocenters. The average Bonchev–Trinajstić information content (AvgIpc) is 2.89. The number of hydrazine groups is 1. The van der Waals surface area contributed by atoms with E-state index < -0.39 is 18.2 Å². The topological polar surface area (TPSA) is 113 Å². The number of carbonyl (C=O) groups is 3. The molecule has 0 spiro atoms. The Hall–Kier alpha value is -4.39. The second-order valence-electron chi connectivity index (χ2n) is 7.17. The van der Waals surface area contributed by atoms with Crippen molar-refractivity contribution in [1.29, 1.82) is 0 Å². The molecule has 0 saturated carbocycles. The van der Waals surface area contributed by atoms with Gasteiger partial charge in [-0.2, -0.15) is 5.01 Å².